The normalized spacial score (nSPS) is 54.3. The van der Waals surface area contributed by atoms with E-state index in [0.717, 1.165) is 38.7 Å². The molecule has 1 N–H and O–H groups in total. The Labute approximate surface area is 231 Å². The van der Waals surface area contributed by atoms with Crippen LogP contribution < -0.4 is 0 Å². The molecule has 2 aliphatic heterocycles. The minimum Gasteiger partial charge on any atom is -0.459 e. The summed E-state index contributed by atoms with van der Waals surface area (Å²) in [6.07, 6.45) is 4.08. The maximum absolute atomic E-state index is 13.9. The van der Waals surface area contributed by atoms with Gasteiger partial charge in [0.25, 0.3) is 0 Å². The largest absolute Gasteiger partial charge is 0.459 e. The molecule has 0 amide bonds. The van der Waals surface area contributed by atoms with Gasteiger partial charge in [0.2, 0.25) is 0 Å². The molecule has 2 unspecified atom stereocenters. The lowest BCUT2D eigenvalue weighted by atomic mass is 9.42. The smallest absolute Gasteiger partial charge is 0.303 e. The van der Waals surface area contributed by atoms with Crippen molar-refractivity contribution in [2.75, 3.05) is 6.61 Å². The molecule has 1 spiro atoms. The molecule has 0 radical (unpaired) electrons. The number of carbonyl (C=O) groups is 3. The van der Waals surface area contributed by atoms with E-state index in [0.29, 0.717) is 36.5 Å². The lowest BCUT2D eigenvalue weighted by molar-refractivity contribution is -0.274. The second-order valence-electron chi connectivity index (χ2n) is 14.5. The first-order chi connectivity index (χ1) is 18.2. The Hall–Kier alpha value is -1.51. The standard InChI is InChI=1S/C31H46O8/c1-16-7-10-31(36-15-16)17(2)27-23(39-31)12-22-20-11-26(34)30(35)14-25(38-19(4)33)24(37-18(3)32)13-29(30,6)21(20)8-9-28(22,27)5/h16-17,20-25,27,35H,7-15H2,1-6H3/t16-,17+,20-,21?,22?,23+,24-,25-,27+,28+,29-,30+,31-/m1/s1. The molecule has 218 valence electrons. The number of hydrogen-bond donors (Lipinski definition) is 1. The Bertz CT molecular complexity index is 1050. The molecule has 6 aliphatic rings. The Morgan fingerprint density at radius 2 is 1.64 bits per heavy atom. The van der Waals surface area contributed by atoms with Crippen molar-refractivity contribution in [3.05, 3.63) is 0 Å². The van der Waals surface area contributed by atoms with Crippen LogP contribution in [0.3, 0.4) is 0 Å². The maximum Gasteiger partial charge on any atom is 0.303 e. The summed E-state index contributed by atoms with van der Waals surface area (Å²) in [4.78, 5) is 37.8. The number of carbonyl (C=O) groups excluding carboxylic acids is 3. The van der Waals surface area contributed by atoms with Gasteiger partial charge in [0.15, 0.2) is 11.6 Å². The molecule has 8 nitrogen and oxygen atoms in total. The molecule has 8 heteroatoms. The molecule has 13 atom stereocenters. The van der Waals surface area contributed by atoms with E-state index in [9.17, 15) is 19.5 Å². The third-order valence-electron chi connectivity index (χ3n) is 12.5. The monoisotopic (exact) mass is 546 g/mol. The quantitative estimate of drug-likeness (QED) is 0.514. The highest BCUT2D eigenvalue weighted by atomic mass is 16.7. The third-order valence-corrected chi connectivity index (χ3v) is 12.5. The lowest BCUT2D eigenvalue weighted by Gasteiger charge is -2.63. The summed E-state index contributed by atoms with van der Waals surface area (Å²) in [7, 11) is 0. The summed E-state index contributed by atoms with van der Waals surface area (Å²) in [6.45, 7) is 12.4. The summed E-state index contributed by atoms with van der Waals surface area (Å²) < 4.78 is 24.4. The van der Waals surface area contributed by atoms with E-state index in [4.69, 9.17) is 18.9 Å². The van der Waals surface area contributed by atoms with Crippen molar-refractivity contribution < 1.29 is 38.4 Å². The van der Waals surface area contributed by atoms with Crippen LogP contribution in [0.5, 0.6) is 0 Å². The summed E-state index contributed by atoms with van der Waals surface area (Å²) in [5.74, 6) is 0.175. The molecular weight excluding hydrogens is 500 g/mol. The van der Waals surface area contributed by atoms with Gasteiger partial charge in [-0.1, -0.05) is 27.7 Å². The number of aliphatic hydroxyl groups is 1. The van der Waals surface area contributed by atoms with Crippen molar-refractivity contribution >= 4 is 17.7 Å². The SMILES string of the molecule is CC(=O)O[C@@H]1C[C@]2(O)C(=O)C[C@H]3C4C[C@@H]5O[C@]6(CC[C@@H](C)CO6)[C@@H](C)[C@@H]5[C@@]4(C)CCC3[C@@]2(C)C[C@H]1OC(C)=O. The van der Waals surface area contributed by atoms with Gasteiger partial charge in [0.05, 0.1) is 12.7 Å². The fraction of sp³-hybridized carbons (Fsp3) is 0.903. The molecule has 2 saturated heterocycles. The fourth-order valence-corrected chi connectivity index (χ4v) is 10.7. The minimum atomic E-state index is -1.62. The Morgan fingerprint density at radius 1 is 0.974 bits per heavy atom. The first-order valence-electron chi connectivity index (χ1n) is 15.2. The van der Waals surface area contributed by atoms with Crippen molar-refractivity contribution in [2.45, 2.75) is 123 Å². The van der Waals surface area contributed by atoms with Crippen molar-refractivity contribution in [1.82, 2.24) is 0 Å². The van der Waals surface area contributed by atoms with Crippen LogP contribution in [-0.4, -0.2) is 59.1 Å². The predicted molar refractivity (Wildman–Crippen MR) is 140 cm³/mol. The van der Waals surface area contributed by atoms with Crippen molar-refractivity contribution in [3.8, 4) is 0 Å². The van der Waals surface area contributed by atoms with Crippen LogP contribution in [-0.2, 0) is 33.3 Å². The van der Waals surface area contributed by atoms with E-state index in [1.165, 1.54) is 13.8 Å². The van der Waals surface area contributed by atoms with E-state index in [-0.39, 0.29) is 35.6 Å². The Balaban J connectivity index is 1.29. The van der Waals surface area contributed by atoms with Crippen LogP contribution in [0.15, 0.2) is 0 Å². The average molecular weight is 547 g/mol. The zero-order valence-corrected chi connectivity index (χ0v) is 24.4. The Kier molecular flexibility index (Phi) is 6.38. The number of ether oxygens (including phenoxy) is 4. The molecule has 4 aliphatic carbocycles. The van der Waals surface area contributed by atoms with Crippen LogP contribution in [0.25, 0.3) is 0 Å². The van der Waals surface area contributed by atoms with E-state index < -0.39 is 40.9 Å². The molecule has 2 heterocycles. The van der Waals surface area contributed by atoms with Gasteiger partial charge in [-0.25, -0.2) is 0 Å². The lowest BCUT2D eigenvalue weighted by Crippen LogP contribution is -2.70. The zero-order chi connectivity index (χ0) is 28.1. The van der Waals surface area contributed by atoms with E-state index >= 15 is 0 Å². The third kappa shape index (κ3) is 3.83. The Morgan fingerprint density at radius 3 is 2.26 bits per heavy atom. The van der Waals surface area contributed by atoms with Gasteiger partial charge in [-0.15, -0.1) is 0 Å². The minimum absolute atomic E-state index is 0.0330. The van der Waals surface area contributed by atoms with E-state index in [1.54, 1.807) is 0 Å². The van der Waals surface area contributed by atoms with Crippen LogP contribution >= 0.6 is 0 Å². The number of fused-ring (bicyclic) bond motifs is 7. The maximum atomic E-state index is 13.9. The van der Waals surface area contributed by atoms with Gasteiger partial charge in [-0.2, -0.15) is 0 Å². The van der Waals surface area contributed by atoms with E-state index in [2.05, 4.69) is 20.8 Å². The van der Waals surface area contributed by atoms with Gasteiger partial charge in [-0.05, 0) is 67.1 Å². The first kappa shape index (κ1) is 27.6. The summed E-state index contributed by atoms with van der Waals surface area (Å²) in [5.41, 5.74) is -2.36. The number of hydrogen-bond acceptors (Lipinski definition) is 8. The van der Waals surface area contributed by atoms with Gasteiger partial charge in [0.1, 0.15) is 17.8 Å². The molecule has 4 saturated carbocycles. The highest BCUT2D eigenvalue weighted by Gasteiger charge is 2.73. The van der Waals surface area contributed by atoms with Gasteiger partial charge < -0.3 is 24.1 Å². The topological polar surface area (TPSA) is 108 Å². The number of rotatable bonds is 2. The highest BCUT2D eigenvalue weighted by Crippen LogP contribution is 2.71. The molecule has 0 aromatic rings. The molecule has 0 aromatic carbocycles. The van der Waals surface area contributed by atoms with Crippen molar-refractivity contribution in [1.29, 1.82) is 0 Å². The molecule has 0 aromatic heterocycles. The van der Waals surface area contributed by atoms with Crippen LogP contribution in [0.1, 0.15) is 92.9 Å². The van der Waals surface area contributed by atoms with Crippen molar-refractivity contribution in [3.63, 3.8) is 0 Å². The summed E-state index contributed by atoms with van der Waals surface area (Å²) in [5, 5.41) is 12.1. The number of Topliss-reactive ketones (excluding diaryl/α,β-unsaturated/α-hetero) is 1. The van der Waals surface area contributed by atoms with E-state index in [1.807, 2.05) is 6.92 Å². The van der Waals surface area contributed by atoms with Gasteiger partial charge in [0, 0.05) is 44.4 Å². The average Bonchev–Trinajstić information content (AvgIpc) is 3.28. The molecule has 39 heavy (non-hydrogen) atoms. The predicted octanol–water partition coefficient (Wildman–Crippen LogP) is 4.20. The first-order valence-corrected chi connectivity index (χ1v) is 15.2. The second-order valence-corrected chi connectivity index (χ2v) is 14.5. The number of esters is 2. The van der Waals surface area contributed by atoms with Crippen LogP contribution in [0.4, 0.5) is 0 Å². The molecule has 0 bridgehead atoms. The van der Waals surface area contributed by atoms with Gasteiger partial charge in [-0.3, -0.25) is 14.4 Å². The summed E-state index contributed by atoms with van der Waals surface area (Å²) >= 11 is 0. The molecular formula is C31H46O8. The molecule has 6 rings (SSSR count). The second kappa shape index (κ2) is 8.99. The fourth-order valence-electron chi connectivity index (χ4n) is 10.7. The van der Waals surface area contributed by atoms with Crippen LogP contribution in [0.2, 0.25) is 0 Å². The van der Waals surface area contributed by atoms with Crippen molar-refractivity contribution in [2.24, 2.45) is 46.3 Å². The van der Waals surface area contributed by atoms with Crippen LogP contribution in [0, 0.1) is 46.3 Å². The highest BCUT2D eigenvalue weighted by molar-refractivity contribution is 5.90. The van der Waals surface area contributed by atoms with Gasteiger partial charge >= 0.3 is 11.9 Å². The summed E-state index contributed by atoms with van der Waals surface area (Å²) in [6, 6.07) is 0. The zero-order valence-electron chi connectivity index (χ0n) is 24.4. The number of ketones is 1. The molecule has 6 fully saturated rings.